The summed E-state index contributed by atoms with van der Waals surface area (Å²) in [6.45, 7) is 2.54. The molecule has 1 amide bonds. The van der Waals surface area contributed by atoms with Crippen molar-refractivity contribution in [1.82, 2.24) is 4.57 Å². The molecule has 6 heteroatoms. The summed E-state index contributed by atoms with van der Waals surface area (Å²) in [5.41, 5.74) is 1.74. The van der Waals surface area contributed by atoms with Gasteiger partial charge in [-0.1, -0.05) is 43.1 Å². The first-order valence-electron chi connectivity index (χ1n) is 8.89. The van der Waals surface area contributed by atoms with Gasteiger partial charge in [-0.2, -0.15) is 0 Å². The van der Waals surface area contributed by atoms with Crippen molar-refractivity contribution in [2.75, 3.05) is 11.9 Å². The van der Waals surface area contributed by atoms with E-state index in [2.05, 4.69) is 5.32 Å². The van der Waals surface area contributed by atoms with Crippen LogP contribution in [0, 0.1) is 0 Å². The van der Waals surface area contributed by atoms with E-state index in [1.165, 1.54) is 0 Å². The molecular weight excluding hydrogens is 364 g/mol. The topological polar surface area (TPSA) is 60.3 Å². The maximum Gasteiger partial charge on any atom is 0.339 e. The van der Waals surface area contributed by atoms with E-state index in [-0.39, 0.29) is 18.0 Å². The quantitative estimate of drug-likeness (QED) is 0.466. The lowest BCUT2D eigenvalue weighted by Crippen LogP contribution is -2.18. The Hall–Kier alpha value is -2.79. The minimum absolute atomic E-state index is 0.173. The Kier molecular flexibility index (Phi) is 6.14. The molecule has 1 N–H and O–H groups in total. The molecule has 0 fully saturated rings. The lowest BCUT2D eigenvalue weighted by atomic mass is 10.2. The number of hydrogen-bond acceptors (Lipinski definition) is 3. The van der Waals surface area contributed by atoms with Crippen LogP contribution in [-0.2, 0) is 16.1 Å². The minimum atomic E-state index is -0.485. The van der Waals surface area contributed by atoms with Crippen molar-refractivity contribution in [1.29, 1.82) is 0 Å². The van der Waals surface area contributed by atoms with Crippen molar-refractivity contribution in [3.05, 3.63) is 65.3 Å². The standard InChI is InChI=1S/C21H21ClN2O3/c1-2-3-12-27-21(26)17-13-16(8-9-18(17)22)23-20(25)14-24-11-10-15-6-4-5-7-19(15)24/h4-11,13H,2-3,12,14H2,1H3,(H,23,25). The molecule has 0 aliphatic rings. The number of fused-ring (bicyclic) bond motifs is 1. The summed E-state index contributed by atoms with van der Waals surface area (Å²) in [6, 6.07) is 14.6. The Labute approximate surface area is 162 Å². The summed E-state index contributed by atoms with van der Waals surface area (Å²) < 4.78 is 7.08. The van der Waals surface area contributed by atoms with Gasteiger partial charge in [-0.25, -0.2) is 4.79 Å². The molecule has 5 nitrogen and oxygen atoms in total. The normalized spacial score (nSPS) is 10.7. The number of halogens is 1. The lowest BCUT2D eigenvalue weighted by molar-refractivity contribution is -0.116. The maximum atomic E-state index is 12.4. The van der Waals surface area contributed by atoms with Gasteiger partial charge in [-0.05, 0) is 42.1 Å². The molecule has 27 heavy (non-hydrogen) atoms. The predicted octanol–water partition coefficient (Wildman–Crippen LogP) is 4.89. The Morgan fingerprint density at radius 3 is 2.78 bits per heavy atom. The van der Waals surface area contributed by atoms with Crippen molar-refractivity contribution in [3.8, 4) is 0 Å². The number of para-hydroxylation sites is 1. The smallest absolute Gasteiger partial charge is 0.339 e. The molecule has 1 heterocycles. The average Bonchev–Trinajstić information content (AvgIpc) is 3.06. The number of carbonyl (C=O) groups excluding carboxylic acids is 2. The zero-order valence-electron chi connectivity index (χ0n) is 15.1. The number of carbonyl (C=O) groups is 2. The molecule has 0 aliphatic carbocycles. The summed E-state index contributed by atoms with van der Waals surface area (Å²) in [5.74, 6) is -0.676. The highest BCUT2D eigenvalue weighted by atomic mass is 35.5. The molecule has 0 atom stereocenters. The van der Waals surface area contributed by atoms with Gasteiger partial charge in [0.05, 0.1) is 17.2 Å². The molecule has 3 aromatic rings. The number of benzene rings is 2. The third kappa shape index (κ3) is 4.68. The zero-order valence-corrected chi connectivity index (χ0v) is 15.8. The fourth-order valence-corrected chi connectivity index (χ4v) is 2.97. The van der Waals surface area contributed by atoms with Crippen LogP contribution < -0.4 is 5.32 Å². The number of hydrogen-bond donors (Lipinski definition) is 1. The van der Waals surface area contributed by atoms with E-state index in [9.17, 15) is 9.59 Å². The average molecular weight is 385 g/mol. The summed E-state index contributed by atoms with van der Waals surface area (Å²) in [6.07, 6.45) is 3.61. The Bertz CT molecular complexity index is 965. The van der Waals surface area contributed by atoms with E-state index >= 15 is 0 Å². The number of nitrogens with one attached hydrogen (secondary N) is 1. The fourth-order valence-electron chi connectivity index (χ4n) is 2.78. The lowest BCUT2D eigenvalue weighted by Gasteiger charge is -2.10. The van der Waals surface area contributed by atoms with Crippen LogP contribution >= 0.6 is 11.6 Å². The number of rotatable bonds is 7. The minimum Gasteiger partial charge on any atom is -0.462 e. The molecular formula is C21H21ClN2O3. The third-order valence-corrected chi connectivity index (χ3v) is 4.52. The van der Waals surface area contributed by atoms with Crippen molar-refractivity contribution in [2.24, 2.45) is 0 Å². The van der Waals surface area contributed by atoms with E-state index in [4.69, 9.17) is 16.3 Å². The highest BCUT2D eigenvalue weighted by molar-refractivity contribution is 6.33. The highest BCUT2D eigenvalue weighted by Crippen LogP contribution is 2.22. The molecule has 0 saturated carbocycles. The van der Waals surface area contributed by atoms with Crippen LogP contribution in [0.15, 0.2) is 54.7 Å². The predicted molar refractivity (Wildman–Crippen MR) is 107 cm³/mol. The van der Waals surface area contributed by atoms with E-state index in [1.807, 2.05) is 48.0 Å². The van der Waals surface area contributed by atoms with Crippen LogP contribution in [0.5, 0.6) is 0 Å². The molecule has 0 aliphatic heterocycles. The van der Waals surface area contributed by atoms with Crippen molar-refractivity contribution >= 4 is 40.1 Å². The van der Waals surface area contributed by atoms with Crippen LogP contribution in [-0.4, -0.2) is 23.1 Å². The van der Waals surface area contributed by atoms with Gasteiger partial charge in [0.2, 0.25) is 5.91 Å². The molecule has 0 bridgehead atoms. The molecule has 0 radical (unpaired) electrons. The fraction of sp³-hybridized carbons (Fsp3) is 0.238. The first-order chi connectivity index (χ1) is 13.1. The Balaban J connectivity index is 1.69. The summed E-state index contributed by atoms with van der Waals surface area (Å²) >= 11 is 6.10. The summed E-state index contributed by atoms with van der Waals surface area (Å²) in [4.78, 5) is 24.6. The maximum absolute atomic E-state index is 12.4. The number of esters is 1. The van der Waals surface area contributed by atoms with Gasteiger partial charge in [-0.3, -0.25) is 4.79 Å². The van der Waals surface area contributed by atoms with Crippen molar-refractivity contribution in [3.63, 3.8) is 0 Å². The molecule has 2 aromatic carbocycles. The van der Waals surface area contributed by atoms with E-state index in [0.717, 1.165) is 23.7 Å². The molecule has 1 aromatic heterocycles. The summed E-state index contributed by atoms with van der Waals surface area (Å²) in [7, 11) is 0. The highest BCUT2D eigenvalue weighted by Gasteiger charge is 2.14. The van der Waals surface area contributed by atoms with E-state index < -0.39 is 5.97 Å². The number of anilines is 1. The molecule has 0 spiro atoms. The van der Waals surface area contributed by atoms with Crippen LogP contribution in [0.25, 0.3) is 10.9 Å². The molecule has 140 valence electrons. The molecule has 0 saturated heterocycles. The van der Waals surface area contributed by atoms with Gasteiger partial charge < -0.3 is 14.6 Å². The number of aromatic nitrogens is 1. The van der Waals surface area contributed by atoms with Gasteiger partial charge in [0.15, 0.2) is 0 Å². The van der Waals surface area contributed by atoms with Gasteiger partial charge in [0.1, 0.15) is 6.54 Å². The second-order valence-corrected chi connectivity index (χ2v) is 6.64. The molecule has 3 rings (SSSR count). The summed E-state index contributed by atoms with van der Waals surface area (Å²) in [5, 5.41) is 4.18. The third-order valence-electron chi connectivity index (χ3n) is 4.20. The van der Waals surface area contributed by atoms with Crippen LogP contribution in [0.2, 0.25) is 5.02 Å². The number of unbranched alkanes of at least 4 members (excludes halogenated alkanes) is 1. The first kappa shape index (κ1) is 19.0. The van der Waals surface area contributed by atoms with Crippen LogP contribution in [0.4, 0.5) is 5.69 Å². The van der Waals surface area contributed by atoms with Gasteiger partial charge >= 0.3 is 5.97 Å². The number of ether oxygens (including phenoxy) is 1. The largest absolute Gasteiger partial charge is 0.462 e. The van der Waals surface area contributed by atoms with Gasteiger partial charge in [0, 0.05) is 17.4 Å². The van der Waals surface area contributed by atoms with Crippen molar-refractivity contribution < 1.29 is 14.3 Å². The first-order valence-corrected chi connectivity index (χ1v) is 9.26. The van der Waals surface area contributed by atoms with Crippen LogP contribution in [0.1, 0.15) is 30.1 Å². The number of nitrogens with zero attached hydrogens (tertiary/aromatic N) is 1. The Morgan fingerprint density at radius 1 is 1.15 bits per heavy atom. The SMILES string of the molecule is CCCCOC(=O)c1cc(NC(=O)Cn2ccc3ccccc32)ccc1Cl. The van der Waals surface area contributed by atoms with E-state index in [1.54, 1.807) is 18.2 Å². The zero-order chi connectivity index (χ0) is 19.2. The molecule has 0 unspecified atom stereocenters. The number of amides is 1. The van der Waals surface area contributed by atoms with Crippen LogP contribution in [0.3, 0.4) is 0 Å². The van der Waals surface area contributed by atoms with Gasteiger partial charge in [0.25, 0.3) is 0 Å². The van der Waals surface area contributed by atoms with Gasteiger partial charge in [-0.15, -0.1) is 0 Å². The monoisotopic (exact) mass is 384 g/mol. The van der Waals surface area contributed by atoms with Crippen molar-refractivity contribution in [2.45, 2.75) is 26.3 Å². The second-order valence-electron chi connectivity index (χ2n) is 6.23. The Morgan fingerprint density at radius 2 is 1.96 bits per heavy atom. The second kappa shape index (κ2) is 8.73. The van der Waals surface area contributed by atoms with E-state index in [0.29, 0.717) is 17.3 Å².